The van der Waals surface area contributed by atoms with Gasteiger partial charge in [0.25, 0.3) is 0 Å². The number of fused-ring (bicyclic) bond motifs is 3. The summed E-state index contributed by atoms with van der Waals surface area (Å²) in [4.78, 5) is 35.5. The Morgan fingerprint density at radius 3 is 2.25 bits per heavy atom. The van der Waals surface area contributed by atoms with Crippen molar-refractivity contribution in [2.24, 2.45) is 11.8 Å². The zero-order chi connectivity index (χ0) is 22.7. The van der Waals surface area contributed by atoms with E-state index in [1.54, 1.807) is 0 Å². The van der Waals surface area contributed by atoms with E-state index in [1.807, 2.05) is 24.3 Å². The molecule has 32 heavy (non-hydrogen) atoms. The van der Waals surface area contributed by atoms with Crippen LogP contribution in [0.3, 0.4) is 0 Å². The number of ether oxygens (including phenoxy) is 1. The van der Waals surface area contributed by atoms with Crippen molar-refractivity contribution in [3.8, 4) is 11.1 Å². The molecule has 0 aliphatic heterocycles. The first kappa shape index (κ1) is 21.8. The molecule has 2 aromatic carbocycles. The Labute approximate surface area is 185 Å². The smallest absolute Gasteiger partial charge is 0.407 e. The topological polar surface area (TPSA) is 125 Å². The van der Waals surface area contributed by atoms with Crippen LogP contribution in [-0.2, 0) is 14.3 Å². The van der Waals surface area contributed by atoms with Gasteiger partial charge in [0.05, 0.1) is 0 Å². The quantitative estimate of drug-likeness (QED) is 0.475. The van der Waals surface area contributed by atoms with E-state index in [0.29, 0.717) is 6.42 Å². The highest BCUT2D eigenvalue weighted by molar-refractivity contribution is 5.86. The summed E-state index contributed by atoms with van der Waals surface area (Å²) in [6, 6.07) is 15.1. The number of hydrogen-bond donors (Lipinski definition) is 4. The van der Waals surface area contributed by atoms with Crippen molar-refractivity contribution in [2.45, 2.75) is 24.8 Å². The molecule has 2 amide bonds. The Morgan fingerprint density at radius 1 is 1.03 bits per heavy atom. The van der Waals surface area contributed by atoms with E-state index in [9.17, 15) is 14.4 Å². The Morgan fingerprint density at radius 2 is 1.66 bits per heavy atom. The highest BCUT2D eigenvalue weighted by Crippen LogP contribution is 2.44. The van der Waals surface area contributed by atoms with Crippen LogP contribution in [0.15, 0.2) is 48.5 Å². The van der Waals surface area contributed by atoms with Crippen LogP contribution in [-0.4, -0.2) is 54.0 Å². The van der Waals surface area contributed by atoms with E-state index >= 15 is 0 Å². The SMILES string of the molecule is O=C(NCC1CC1C(=O)NC(CCO)C(=O)O)OCC1c2ccccc2-c2ccccc21. The van der Waals surface area contributed by atoms with Gasteiger partial charge in [-0.3, -0.25) is 4.79 Å². The van der Waals surface area contributed by atoms with E-state index < -0.39 is 18.1 Å². The van der Waals surface area contributed by atoms with Crippen LogP contribution in [0.25, 0.3) is 11.1 Å². The predicted octanol–water partition coefficient (Wildman–Crippen LogP) is 2.11. The molecule has 4 rings (SSSR count). The van der Waals surface area contributed by atoms with Gasteiger partial charge >= 0.3 is 12.1 Å². The summed E-state index contributed by atoms with van der Waals surface area (Å²) in [5.74, 6) is -1.97. The van der Waals surface area contributed by atoms with E-state index in [1.165, 1.54) is 0 Å². The van der Waals surface area contributed by atoms with Crippen LogP contribution in [0.4, 0.5) is 4.79 Å². The second-order valence-corrected chi connectivity index (χ2v) is 8.22. The fourth-order valence-corrected chi connectivity index (χ4v) is 4.32. The number of carbonyl (C=O) groups is 3. The van der Waals surface area contributed by atoms with Crippen molar-refractivity contribution in [3.63, 3.8) is 0 Å². The molecule has 0 aromatic heterocycles. The van der Waals surface area contributed by atoms with Crippen LogP contribution in [0, 0.1) is 11.8 Å². The summed E-state index contributed by atoms with van der Waals surface area (Å²) < 4.78 is 5.49. The van der Waals surface area contributed by atoms with Crippen molar-refractivity contribution >= 4 is 18.0 Å². The monoisotopic (exact) mass is 438 g/mol. The maximum atomic E-state index is 12.2. The highest BCUT2D eigenvalue weighted by atomic mass is 16.5. The zero-order valence-electron chi connectivity index (χ0n) is 17.5. The number of carbonyl (C=O) groups excluding carboxylic acids is 2. The van der Waals surface area contributed by atoms with Crippen LogP contribution in [0.5, 0.6) is 0 Å². The summed E-state index contributed by atoms with van der Waals surface area (Å²) in [6.07, 6.45) is -0.0150. The first-order valence-electron chi connectivity index (χ1n) is 10.7. The minimum absolute atomic E-state index is 0.0212. The maximum Gasteiger partial charge on any atom is 0.407 e. The first-order chi connectivity index (χ1) is 15.5. The summed E-state index contributed by atoms with van der Waals surface area (Å²) >= 11 is 0. The molecule has 168 valence electrons. The Kier molecular flexibility index (Phi) is 6.41. The number of nitrogens with one attached hydrogen (secondary N) is 2. The lowest BCUT2D eigenvalue weighted by molar-refractivity contribution is -0.142. The number of aliphatic hydroxyl groups excluding tert-OH is 1. The Balaban J connectivity index is 1.25. The minimum atomic E-state index is -1.18. The summed E-state index contributed by atoms with van der Waals surface area (Å²) in [5, 5.41) is 23.1. The average molecular weight is 438 g/mol. The third-order valence-corrected chi connectivity index (χ3v) is 6.14. The van der Waals surface area contributed by atoms with Gasteiger partial charge in [0.2, 0.25) is 5.91 Å². The molecule has 0 radical (unpaired) electrons. The number of benzene rings is 2. The lowest BCUT2D eigenvalue weighted by Crippen LogP contribution is -2.42. The standard InChI is InChI=1S/C24H26N2O6/c27-10-9-21(23(29)30)26-22(28)19-11-14(19)12-25-24(31)32-13-20-17-7-3-1-5-15(17)16-6-2-4-8-18(16)20/h1-8,14,19-21,27H,9-13H2,(H,25,31)(H,26,28)(H,29,30). The van der Waals surface area contributed by atoms with Gasteiger partial charge < -0.3 is 25.6 Å². The van der Waals surface area contributed by atoms with Gasteiger partial charge in [-0.1, -0.05) is 48.5 Å². The molecule has 2 aliphatic carbocycles. The molecule has 1 saturated carbocycles. The molecule has 4 N–H and O–H groups in total. The molecule has 8 nitrogen and oxygen atoms in total. The molecule has 8 heteroatoms. The molecule has 0 heterocycles. The second kappa shape index (κ2) is 9.40. The molecule has 2 aliphatic rings. The minimum Gasteiger partial charge on any atom is -0.480 e. The average Bonchev–Trinajstić information content (AvgIpc) is 3.51. The largest absolute Gasteiger partial charge is 0.480 e. The van der Waals surface area contributed by atoms with Crippen LogP contribution >= 0.6 is 0 Å². The normalized spacial score (nSPS) is 19.4. The van der Waals surface area contributed by atoms with Crippen molar-refractivity contribution in [1.82, 2.24) is 10.6 Å². The third kappa shape index (κ3) is 4.60. The van der Waals surface area contributed by atoms with E-state index in [0.717, 1.165) is 22.3 Å². The molecule has 0 spiro atoms. The van der Waals surface area contributed by atoms with Crippen LogP contribution in [0.1, 0.15) is 29.9 Å². The molecule has 0 bridgehead atoms. The van der Waals surface area contributed by atoms with Gasteiger partial charge in [0.15, 0.2) is 0 Å². The second-order valence-electron chi connectivity index (χ2n) is 8.22. The molecule has 1 fully saturated rings. The molecular weight excluding hydrogens is 412 g/mol. The van der Waals surface area contributed by atoms with Gasteiger partial charge in [0, 0.05) is 31.4 Å². The van der Waals surface area contributed by atoms with Crippen LogP contribution < -0.4 is 10.6 Å². The molecular formula is C24H26N2O6. The van der Waals surface area contributed by atoms with E-state index in [2.05, 4.69) is 34.9 Å². The van der Waals surface area contributed by atoms with Gasteiger partial charge in [-0.05, 0) is 34.6 Å². The summed E-state index contributed by atoms with van der Waals surface area (Å²) in [6.45, 7) is 0.178. The Hall–Kier alpha value is -3.39. The van der Waals surface area contributed by atoms with Crippen LogP contribution in [0.2, 0.25) is 0 Å². The number of carboxylic acid groups (broad SMARTS) is 1. The number of hydrogen-bond acceptors (Lipinski definition) is 5. The van der Waals surface area contributed by atoms with Crippen molar-refractivity contribution < 1.29 is 29.3 Å². The van der Waals surface area contributed by atoms with Crippen molar-refractivity contribution in [3.05, 3.63) is 59.7 Å². The van der Waals surface area contributed by atoms with Gasteiger partial charge in [-0.15, -0.1) is 0 Å². The Bertz CT molecular complexity index is 978. The number of aliphatic carboxylic acids is 1. The number of aliphatic hydroxyl groups is 1. The van der Waals surface area contributed by atoms with Gasteiger partial charge in [-0.2, -0.15) is 0 Å². The molecule has 3 unspecified atom stereocenters. The lowest BCUT2D eigenvalue weighted by Gasteiger charge is -2.15. The third-order valence-electron chi connectivity index (χ3n) is 6.14. The predicted molar refractivity (Wildman–Crippen MR) is 116 cm³/mol. The maximum absolute atomic E-state index is 12.2. The number of alkyl carbamates (subject to hydrolysis) is 1. The van der Waals surface area contributed by atoms with Gasteiger partial charge in [0.1, 0.15) is 12.6 Å². The molecule has 2 aromatic rings. The first-order valence-corrected chi connectivity index (χ1v) is 10.7. The fraction of sp³-hybridized carbons (Fsp3) is 0.375. The number of rotatable bonds is 9. The molecule has 0 saturated heterocycles. The number of amides is 2. The number of carboxylic acids is 1. The lowest BCUT2D eigenvalue weighted by atomic mass is 9.98. The van der Waals surface area contributed by atoms with Crippen molar-refractivity contribution in [2.75, 3.05) is 19.8 Å². The van der Waals surface area contributed by atoms with Gasteiger partial charge in [-0.25, -0.2) is 9.59 Å². The van der Waals surface area contributed by atoms with E-state index in [-0.39, 0.29) is 49.8 Å². The summed E-state index contributed by atoms with van der Waals surface area (Å²) in [7, 11) is 0. The van der Waals surface area contributed by atoms with Crippen molar-refractivity contribution in [1.29, 1.82) is 0 Å². The summed E-state index contributed by atoms with van der Waals surface area (Å²) in [5.41, 5.74) is 4.59. The fourth-order valence-electron chi connectivity index (χ4n) is 4.32. The highest BCUT2D eigenvalue weighted by Gasteiger charge is 2.44. The van der Waals surface area contributed by atoms with E-state index in [4.69, 9.17) is 14.9 Å². The molecule has 3 atom stereocenters. The zero-order valence-corrected chi connectivity index (χ0v) is 17.5.